The normalized spacial score (nSPS) is 11.7. The van der Waals surface area contributed by atoms with Gasteiger partial charge in [0, 0.05) is 45.3 Å². The van der Waals surface area contributed by atoms with Crippen molar-refractivity contribution in [2.45, 2.75) is 18.9 Å². The number of aromatic nitrogens is 1. The number of carbonyl (C=O) groups is 1. The fourth-order valence-electron chi connectivity index (χ4n) is 5.06. The highest BCUT2D eigenvalue weighted by molar-refractivity contribution is 7.19. The van der Waals surface area contributed by atoms with Gasteiger partial charge in [0.2, 0.25) is 0 Å². The van der Waals surface area contributed by atoms with Gasteiger partial charge in [-0.25, -0.2) is 4.79 Å². The van der Waals surface area contributed by atoms with Crippen molar-refractivity contribution in [1.29, 1.82) is 0 Å². The van der Waals surface area contributed by atoms with Crippen LogP contribution in [0.5, 0.6) is 5.75 Å². The Bertz CT molecular complexity index is 1750. The maximum atomic E-state index is 12.4. The number of methoxy groups -OCH3 is 1. The molecule has 0 fully saturated rings. The Morgan fingerprint density at radius 2 is 1.41 bits per heavy atom. The summed E-state index contributed by atoms with van der Waals surface area (Å²) in [5.41, 5.74) is 6.74. The van der Waals surface area contributed by atoms with Crippen LogP contribution in [0.1, 0.15) is 16.1 Å². The first kappa shape index (κ1) is 26.5. The lowest BCUT2D eigenvalue weighted by Crippen LogP contribution is -2.30. The Morgan fingerprint density at radius 1 is 0.756 bits per heavy atom. The predicted octanol–water partition coefficient (Wildman–Crippen LogP) is 8.38. The van der Waals surface area contributed by atoms with Crippen molar-refractivity contribution < 1.29 is 14.3 Å². The zero-order chi connectivity index (χ0) is 28.0. The molecule has 5 heteroatoms. The quantitative estimate of drug-likeness (QED) is 0.168. The number of ether oxygens (including phenoxy) is 2. The van der Waals surface area contributed by atoms with Crippen LogP contribution in [0.25, 0.3) is 32.3 Å². The van der Waals surface area contributed by atoms with Gasteiger partial charge in [-0.15, -0.1) is 11.3 Å². The standard InChI is InChI=1S/C36H29NO3S/c1-39-36(38)32(23-25-9-3-2-4-10-25)40-30-20-18-27(19-21-30)26-14-16-28(17-15-26)35-31-12-5-6-13-33(31)41-34(35)24-29-11-7-8-22-37-29/h2-22,32H,23-24H2,1H3/t32-/m1/s1. The Kier molecular flexibility index (Phi) is 7.88. The van der Waals surface area contributed by atoms with E-state index in [9.17, 15) is 4.79 Å². The van der Waals surface area contributed by atoms with Gasteiger partial charge in [-0.05, 0) is 52.6 Å². The SMILES string of the molecule is COC(=O)[C@@H](Cc1ccccc1)Oc1ccc(-c2ccc(-c3c(Cc4ccccn4)sc4ccccc34)cc2)cc1. The fraction of sp³-hybridized carbons (Fsp3) is 0.111. The first-order chi connectivity index (χ1) is 20.2. The summed E-state index contributed by atoms with van der Waals surface area (Å²) in [6.07, 6.45) is 2.38. The van der Waals surface area contributed by atoms with E-state index in [4.69, 9.17) is 9.47 Å². The number of esters is 1. The molecule has 0 spiro atoms. The largest absolute Gasteiger partial charge is 0.478 e. The molecule has 4 nitrogen and oxygen atoms in total. The third-order valence-electron chi connectivity index (χ3n) is 7.10. The van der Waals surface area contributed by atoms with Crippen LogP contribution in [0, 0.1) is 0 Å². The Balaban J connectivity index is 1.23. The summed E-state index contributed by atoms with van der Waals surface area (Å²) in [7, 11) is 1.39. The summed E-state index contributed by atoms with van der Waals surface area (Å²) < 4.78 is 12.3. The molecule has 1 atom stereocenters. The van der Waals surface area contributed by atoms with Gasteiger partial charge in [-0.1, -0.05) is 91.0 Å². The summed E-state index contributed by atoms with van der Waals surface area (Å²) in [4.78, 5) is 18.3. The molecule has 2 heterocycles. The van der Waals surface area contributed by atoms with E-state index < -0.39 is 12.1 Å². The predicted molar refractivity (Wildman–Crippen MR) is 166 cm³/mol. The number of carbonyl (C=O) groups excluding carboxylic acids is 1. The molecule has 6 rings (SSSR count). The van der Waals surface area contributed by atoms with Crippen LogP contribution >= 0.6 is 11.3 Å². The van der Waals surface area contributed by atoms with Crippen molar-refractivity contribution in [3.63, 3.8) is 0 Å². The van der Waals surface area contributed by atoms with Gasteiger partial charge in [0.15, 0.2) is 6.10 Å². The number of hydrogen-bond acceptors (Lipinski definition) is 5. The van der Waals surface area contributed by atoms with Crippen LogP contribution in [0.4, 0.5) is 0 Å². The monoisotopic (exact) mass is 555 g/mol. The second kappa shape index (κ2) is 12.2. The van der Waals surface area contributed by atoms with Gasteiger partial charge in [0.25, 0.3) is 0 Å². The van der Waals surface area contributed by atoms with E-state index in [1.54, 1.807) is 0 Å². The number of thiophene rings is 1. The van der Waals surface area contributed by atoms with Crippen LogP contribution in [-0.4, -0.2) is 24.2 Å². The molecule has 0 saturated carbocycles. The molecule has 0 aliphatic carbocycles. The van der Waals surface area contributed by atoms with Crippen molar-refractivity contribution in [1.82, 2.24) is 4.98 Å². The molecule has 4 aromatic carbocycles. The zero-order valence-electron chi connectivity index (χ0n) is 22.7. The molecule has 0 radical (unpaired) electrons. The van der Waals surface area contributed by atoms with Crippen molar-refractivity contribution in [2.75, 3.05) is 7.11 Å². The molecular formula is C36H29NO3S. The molecule has 0 saturated heterocycles. The third kappa shape index (κ3) is 6.06. The molecule has 0 bridgehead atoms. The number of benzene rings is 4. The number of pyridine rings is 1. The molecule has 0 aliphatic heterocycles. The molecule has 41 heavy (non-hydrogen) atoms. The van der Waals surface area contributed by atoms with E-state index in [1.807, 2.05) is 84.3 Å². The number of fused-ring (bicyclic) bond motifs is 1. The van der Waals surface area contributed by atoms with Gasteiger partial charge in [-0.3, -0.25) is 4.98 Å². The van der Waals surface area contributed by atoms with Gasteiger partial charge in [0.05, 0.1) is 7.11 Å². The minimum Gasteiger partial charge on any atom is -0.478 e. The molecule has 6 aromatic rings. The summed E-state index contributed by atoms with van der Waals surface area (Å²) in [5, 5.41) is 1.27. The van der Waals surface area contributed by atoms with Crippen LogP contribution in [0.3, 0.4) is 0 Å². The van der Waals surface area contributed by atoms with E-state index in [0.29, 0.717) is 12.2 Å². The van der Waals surface area contributed by atoms with Crippen molar-refractivity contribution in [3.05, 3.63) is 144 Å². The Morgan fingerprint density at radius 3 is 2.12 bits per heavy atom. The lowest BCUT2D eigenvalue weighted by molar-refractivity contribution is -0.148. The number of hydrogen-bond donors (Lipinski definition) is 0. The lowest BCUT2D eigenvalue weighted by Gasteiger charge is -2.17. The lowest BCUT2D eigenvalue weighted by atomic mass is 9.97. The number of rotatable bonds is 9. The molecule has 0 aliphatic rings. The van der Waals surface area contributed by atoms with Crippen LogP contribution < -0.4 is 4.74 Å². The minimum absolute atomic E-state index is 0.392. The highest BCUT2D eigenvalue weighted by Gasteiger charge is 2.22. The van der Waals surface area contributed by atoms with Crippen molar-refractivity contribution in [3.8, 4) is 28.0 Å². The molecule has 0 unspecified atom stereocenters. The minimum atomic E-state index is -0.715. The fourth-order valence-corrected chi connectivity index (χ4v) is 6.30. The first-order valence-electron chi connectivity index (χ1n) is 13.6. The molecule has 2 aromatic heterocycles. The average Bonchev–Trinajstić information content (AvgIpc) is 3.39. The zero-order valence-corrected chi connectivity index (χ0v) is 23.5. The van der Waals surface area contributed by atoms with Crippen LogP contribution in [0.2, 0.25) is 0 Å². The van der Waals surface area contributed by atoms with Gasteiger partial charge < -0.3 is 9.47 Å². The molecule has 0 N–H and O–H groups in total. The van der Waals surface area contributed by atoms with E-state index in [2.05, 4.69) is 59.6 Å². The van der Waals surface area contributed by atoms with E-state index in [-0.39, 0.29) is 0 Å². The molecular weight excluding hydrogens is 526 g/mol. The van der Waals surface area contributed by atoms with Crippen molar-refractivity contribution >= 4 is 27.4 Å². The molecule has 202 valence electrons. The summed E-state index contributed by atoms with van der Waals surface area (Å²) in [5.74, 6) is 0.234. The highest BCUT2D eigenvalue weighted by Crippen LogP contribution is 2.40. The topological polar surface area (TPSA) is 48.4 Å². The first-order valence-corrected chi connectivity index (χ1v) is 14.4. The molecule has 0 amide bonds. The summed E-state index contributed by atoms with van der Waals surface area (Å²) >= 11 is 1.84. The Hall–Kier alpha value is -4.74. The smallest absolute Gasteiger partial charge is 0.347 e. The van der Waals surface area contributed by atoms with Crippen molar-refractivity contribution in [2.24, 2.45) is 0 Å². The van der Waals surface area contributed by atoms with E-state index in [0.717, 1.165) is 28.8 Å². The third-order valence-corrected chi connectivity index (χ3v) is 8.27. The maximum absolute atomic E-state index is 12.4. The van der Waals surface area contributed by atoms with Crippen LogP contribution in [-0.2, 0) is 22.4 Å². The van der Waals surface area contributed by atoms with Gasteiger partial charge >= 0.3 is 5.97 Å². The Labute approximate surface area is 243 Å². The van der Waals surface area contributed by atoms with E-state index >= 15 is 0 Å². The van der Waals surface area contributed by atoms with Gasteiger partial charge in [-0.2, -0.15) is 0 Å². The maximum Gasteiger partial charge on any atom is 0.347 e. The summed E-state index contributed by atoms with van der Waals surface area (Å²) in [6.45, 7) is 0. The van der Waals surface area contributed by atoms with Crippen LogP contribution in [0.15, 0.2) is 128 Å². The second-order valence-electron chi connectivity index (χ2n) is 9.82. The van der Waals surface area contributed by atoms with Gasteiger partial charge in [0.1, 0.15) is 5.75 Å². The number of nitrogens with zero attached hydrogens (tertiary/aromatic N) is 1. The average molecular weight is 556 g/mol. The second-order valence-corrected chi connectivity index (χ2v) is 11.0. The van der Waals surface area contributed by atoms with E-state index in [1.165, 1.54) is 33.2 Å². The highest BCUT2D eigenvalue weighted by atomic mass is 32.1. The summed E-state index contributed by atoms with van der Waals surface area (Å²) in [6, 6.07) is 41.0.